The number of hydrogen-bond acceptors (Lipinski definition) is 8. The van der Waals surface area contributed by atoms with Gasteiger partial charge in [-0.05, 0) is 37.6 Å². The normalized spacial score (nSPS) is 10.4. The van der Waals surface area contributed by atoms with E-state index in [1.165, 1.54) is 18.4 Å². The Balaban J connectivity index is 2.06. The summed E-state index contributed by atoms with van der Waals surface area (Å²) in [6, 6.07) is 6.12. The molecule has 10 heteroatoms. The van der Waals surface area contributed by atoms with Crippen molar-refractivity contribution in [1.29, 1.82) is 0 Å². The van der Waals surface area contributed by atoms with Crippen molar-refractivity contribution < 1.29 is 28.6 Å². The molecule has 0 aliphatic heterocycles. The monoisotopic (exact) mass is 435 g/mol. The zero-order valence-electron chi connectivity index (χ0n) is 17.2. The molecule has 1 heterocycles. The number of ether oxygens (including phenoxy) is 3. The Morgan fingerprint density at radius 2 is 1.87 bits per heavy atom. The van der Waals surface area contributed by atoms with E-state index in [4.69, 9.17) is 9.47 Å². The fraction of sp³-hybridized carbons (Fsp3) is 0.400. The maximum Gasteiger partial charge on any atom is 0.357 e. The summed E-state index contributed by atoms with van der Waals surface area (Å²) in [5.74, 6) is -0.934. The number of carbonyl (C=O) groups is 3. The van der Waals surface area contributed by atoms with Gasteiger partial charge in [-0.3, -0.25) is 0 Å². The molecule has 2 amide bonds. The quantitative estimate of drug-likeness (QED) is 0.451. The minimum atomic E-state index is -0.519. The van der Waals surface area contributed by atoms with Gasteiger partial charge in [0.1, 0.15) is 5.01 Å². The second-order valence-corrected chi connectivity index (χ2v) is 7.06. The molecule has 162 valence electrons. The molecule has 1 N–H and O–H groups in total. The number of amides is 2. The Morgan fingerprint density at radius 3 is 2.50 bits per heavy atom. The molecule has 0 radical (unpaired) electrons. The van der Waals surface area contributed by atoms with Gasteiger partial charge >= 0.3 is 18.0 Å². The molecule has 0 saturated heterocycles. The van der Waals surface area contributed by atoms with Crippen LogP contribution in [-0.4, -0.2) is 61.8 Å². The van der Waals surface area contributed by atoms with Crippen LogP contribution in [0.25, 0.3) is 0 Å². The molecular weight excluding hydrogens is 410 g/mol. The predicted molar refractivity (Wildman–Crippen MR) is 112 cm³/mol. The highest BCUT2D eigenvalue weighted by Crippen LogP contribution is 2.16. The molecule has 1 aromatic heterocycles. The fourth-order valence-electron chi connectivity index (χ4n) is 2.50. The molecule has 0 saturated carbocycles. The SMILES string of the molecule is CCOC(=O)c1ccc(NC(=O)N(CCCOC)Cc2nc(C(=O)OC)cs2)cc1. The Bertz CT molecular complexity index is 852. The number of carbonyl (C=O) groups excluding carboxylic acids is 3. The molecule has 2 aromatic rings. The van der Waals surface area contributed by atoms with Crippen LogP contribution in [0.4, 0.5) is 10.5 Å². The number of nitrogens with zero attached hydrogens (tertiary/aromatic N) is 2. The molecule has 0 fully saturated rings. The van der Waals surface area contributed by atoms with E-state index in [2.05, 4.69) is 15.0 Å². The van der Waals surface area contributed by atoms with Gasteiger partial charge in [0.2, 0.25) is 0 Å². The second-order valence-electron chi connectivity index (χ2n) is 6.11. The number of hydrogen-bond donors (Lipinski definition) is 1. The standard InChI is InChI=1S/C20H25N3O6S/c1-4-29-18(24)14-6-8-15(9-7-14)21-20(26)23(10-5-11-27-2)12-17-22-16(13-30-17)19(25)28-3/h6-9,13H,4-5,10-12H2,1-3H3,(H,21,26). The average Bonchev–Trinajstić information content (AvgIpc) is 3.22. The highest BCUT2D eigenvalue weighted by molar-refractivity contribution is 7.09. The van der Waals surface area contributed by atoms with Gasteiger partial charge in [0.25, 0.3) is 0 Å². The van der Waals surface area contributed by atoms with Crippen molar-refractivity contribution in [1.82, 2.24) is 9.88 Å². The summed E-state index contributed by atoms with van der Waals surface area (Å²) in [5.41, 5.74) is 1.16. The van der Waals surface area contributed by atoms with E-state index in [-0.39, 0.29) is 18.3 Å². The van der Waals surface area contributed by atoms with Crippen molar-refractivity contribution in [3.63, 3.8) is 0 Å². The lowest BCUT2D eigenvalue weighted by molar-refractivity contribution is 0.0525. The Labute approximate surface area is 178 Å². The summed E-state index contributed by atoms with van der Waals surface area (Å²) in [6.07, 6.45) is 0.640. The van der Waals surface area contributed by atoms with Crippen molar-refractivity contribution >= 4 is 35.0 Å². The summed E-state index contributed by atoms with van der Waals surface area (Å²) >= 11 is 1.28. The van der Waals surface area contributed by atoms with Crippen LogP contribution in [0.2, 0.25) is 0 Å². The first kappa shape index (κ1) is 23.3. The lowest BCUT2D eigenvalue weighted by Gasteiger charge is -2.22. The largest absolute Gasteiger partial charge is 0.464 e. The topological polar surface area (TPSA) is 107 Å². The first-order valence-electron chi connectivity index (χ1n) is 9.33. The number of methoxy groups -OCH3 is 2. The molecule has 0 bridgehead atoms. The van der Waals surface area contributed by atoms with E-state index in [1.54, 1.807) is 48.6 Å². The van der Waals surface area contributed by atoms with Gasteiger partial charge in [0.05, 0.1) is 25.8 Å². The number of nitrogens with one attached hydrogen (secondary N) is 1. The average molecular weight is 436 g/mol. The van der Waals surface area contributed by atoms with Gasteiger partial charge in [-0.25, -0.2) is 19.4 Å². The van der Waals surface area contributed by atoms with Crippen LogP contribution in [-0.2, 0) is 20.8 Å². The van der Waals surface area contributed by atoms with Crippen molar-refractivity contribution in [2.24, 2.45) is 0 Å². The van der Waals surface area contributed by atoms with Crippen LogP contribution in [0.5, 0.6) is 0 Å². The summed E-state index contributed by atoms with van der Waals surface area (Å²) in [5, 5.41) is 5.02. The maximum atomic E-state index is 12.8. The van der Waals surface area contributed by atoms with Crippen molar-refractivity contribution in [3.05, 3.63) is 45.9 Å². The number of rotatable bonds is 10. The molecular formula is C20H25N3O6S. The van der Waals surface area contributed by atoms with Crippen LogP contribution in [0, 0.1) is 0 Å². The predicted octanol–water partition coefficient (Wildman–Crippen LogP) is 3.18. The molecule has 2 rings (SSSR count). The lowest BCUT2D eigenvalue weighted by Crippen LogP contribution is -2.35. The van der Waals surface area contributed by atoms with Crippen molar-refractivity contribution in [3.8, 4) is 0 Å². The number of urea groups is 1. The van der Waals surface area contributed by atoms with E-state index >= 15 is 0 Å². The van der Waals surface area contributed by atoms with Crippen LogP contribution < -0.4 is 5.32 Å². The summed E-state index contributed by atoms with van der Waals surface area (Å²) in [7, 11) is 2.89. The number of thiazole rings is 1. The Kier molecular flexibility index (Phi) is 9.23. The minimum Gasteiger partial charge on any atom is -0.464 e. The van der Waals surface area contributed by atoms with E-state index in [0.29, 0.717) is 42.4 Å². The van der Waals surface area contributed by atoms with Crippen LogP contribution in [0.3, 0.4) is 0 Å². The number of benzene rings is 1. The Morgan fingerprint density at radius 1 is 1.13 bits per heavy atom. The van der Waals surface area contributed by atoms with Crippen LogP contribution in [0.1, 0.15) is 39.2 Å². The fourth-order valence-corrected chi connectivity index (χ4v) is 3.28. The number of aromatic nitrogens is 1. The van der Waals surface area contributed by atoms with Gasteiger partial charge in [0, 0.05) is 31.3 Å². The highest BCUT2D eigenvalue weighted by atomic mass is 32.1. The first-order valence-corrected chi connectivity index (χ1v) is 10.2. The third-order valence-corrected chi connectivity index (χ3v) is 4.82. The smallest absolute Gasteiger partial charge is 0.357 e. The number of esters is 2. The van der Waals surface area contributed by atoms with Gasteiger partial charge in [-0.2, -0.15) is 0 Å². The molecule has 0 atom stereocenters. The minimum absolute atomic E-state index is 0.212. The van der Waals surface area contributed by atoms with Crippen molar-refractivity contribution in [2.45, 2.75) is 19.9 Å². The Hall–Kier alpha value is -2.98. The zero-order valence-corrected chi connectivity index (χ0v) is 18.0. The van der Waals surface area contributed by atoms with E-state index in [0.717, 1.165) is 0 Å². The third kappa shape index (κ3) is 6.82. The summed E-state index contributed by atoms with van der Waals surface area (Å²) < 4.78 is 14.7. The van der Waals surface area contributed by atoms with Crippen LogP contribution in [0.15, 0.2) is 29.6 Å². The van der Waals surface area contributed by atoms with E-state index < -0.39 is 11.9 Å². The van der Waals surface area contributed by atoms with Crippen molar-refractivity contribution in [2.75, 3.05) is 39.3 Å². The molecule has 1 aromatic carbocycles. The molecule has 30 heavy (non-hydrogen) atoms. The first-order chi connectivity index (χ1) is 14.5. The second kappa shape index (κ2) is 11.9. The number of anilines is 1. The van der Waals surface area contributed by atoms with E-state index in [9.17, 15) is 14.4 Å². The highest BCUT2D eigenvalue weighted by Gasteiger charge is 2.18. The maximum absolute atomic E-state index is 12.8. The molecule has 0 spiro atoms. The zero-order chi connectivity index (χ0) is 21.9. The third-order valence-electron chi connectivity index (χ3n) is 3.98. The summed E-state index contributed by atoms with van der Waals surface area (Å²) in [6.45, 7) is 3.21. The summed E-state index contributed by atoms with van der Waals surface area (Å²) in [4.78, 5) is 41.9. The van der Waals surface area contributed by atoms with E-state index in [1.807, 2.05) is 0 Å². The molecule has 0 aliphatic rings. The van der Waals surface area contributed by atoms with Gasteiger partial charge < -0.3 is 24.4 Å². The van der Waals surface area contributed by atoms with Gasteiger partial charge in [-0.15, -0.1) is 11.3 Å². The van der Waals surface area contributed by atoms with Crippen LogP contribution >= 0.6 is 11.3 Å². The molecule has 0 aliphatic carbocycles. The molecule has 9 nitrogen and oxygen atoms in total. The molecule has 0 unspecified atom stereocenters. The van der Waals surface area contributed by atoms with Gasteiger partial charge in [-0.1, -0.05) is 0 Å². The van der Waals surface area contributed by atoms with Gasteiger partial charge in [0.15, 0.2) is 5.69 Å². The lowest BCUT2D eigenvalue weighted by atomic mass is 10.2.